The molecular weight excluding hydrogens is 337 g/mol. The zero-order chi connectivity index (χ0) is 16.1. The lowest BCUT2D eigenvalue weighted by molar-refractivity contribution is -0.0232. The van der Waals surface area contributed by atoms with E-state index in [9.17, 15) is 14.0 Å². The van der Waals surface area contributed by atoms with Gasteiger partial charge in [0.15, 0.2) is 11.6 Å². The number of carbonyl (C=O) groups excluding carboxylic acids is 1. The van der Waals surface area contributed by atoms with Crippen LogP contribution in [0.15, 0.2) is 11.0 Å². The maximum absolute atomic E-state index is 13.4. The van der Waals surface area contributed by atoms with Crippen LogP contribution < -0.4 is 11.4 Å². The smallest absolute Gasteiger partial charge is 0.433 e. The summed E-state index contributed by atoms with van der Waals surface area (Å²) in [5, 5.41) is 0. The fourth-order valence-corrected chi connectivity index (χ4v) is 2.73. The van der Waals surface area contributed by atoms with E-state index in [0.29, 0.717) is 11.5 Å². The maximum atomic E-state index is 13.4. The van der Waals surface area contributed by atoms with Crippen molar-refractivity contribution in [2.75, 3.05) is 30.5 Å². The molecule has 1 aromatic heterocycles. The lowest BCUT2D eigenvalue weighted by atomic mass is 10.5. The molecule has 2 N–H and O–H groups in total. The first-order chi connectivity index (χ1) is 10.5. The molecule has 0 radical (unpaired) electrons. The molecule has 1 fully saturated rings. The molecule has 0 aliphatic carbocycles. The molecule has 1 aromatic rings. The van der Waals surface area contributed by atoms with Crippen molar-refractivity contribution in [3.8, 4) is 0 Å². The average Bonchev–Trinajstić information content (AvgIpc) is 2.95. The number of nitrogens with two attached hydrogens (primary N) is 1. The molecule has 22 heavy (non-hydrogen) atoms. The van der Waals surface area contributed by atoms with Crippen LogP contribution in [0.25, 0.3) is 0 Å². The topological polar surface area (TPSA) is 106 Å². The van der Waals surface area contributed by atoms with Crippen LogP contribution in [0.3, 0.4) is 0 Å². The molecule has 8 nitrogen and oxygen atoms in total. The van der Waals surface area contributed by atoms with E-state index in [1.807, 2.05) is 0 Å². The number of ether oxygens (including phenoxy) is 3. The van der Waals surface area contributed by atoms with E-state index in [4.69, 9.17) is 15.2 Å². The summed E-state index contributed by atoms with van der Waals surface area (Å²) in [5.74, 6) is -0.489. The molecule has 0 saturated carbocycles. The number of anilines is 1. The molecule has 1 aliphatic heterocycles. The minimum atomic E-state index is -0.820. The molecule has 1 unspecified atom stereocenters. The van der Waals surface area contributed by atoms with Gasteiger partial charge in [-0.3, -0.25) is 4.57 Å². The van der Waals surface area contributed by atoms with Crippen LogP contribution in [0, 0.1) is 5.82 Å². The van der Waals surface area contributed by atoms with Crippen LogP contribution >= 0.6 is 24.4 Å². The SMILES string of the molecule is Nc1nc(=O)n(C2CS[C@H](COC(=O)OCCS)O2)cc1F. The highest BCUT2D eigenvalue weighted by atomic mass is 32.2. The monoisotopic (exact) mass is 351 g/mol. The largest absolute Gasteiger partial charge is 0.508 e. The fourth-order valence-electron chi connectivity index (χ4n) is 1.65. The summed E-state index contributed by atoms with van der Waals surface area (Å²) in [6, 6.07) is 0. The minimum Gasteiger partial charge on any atom is -0.433 e. The Bertz CT molecular complexity index is 600. The van der Waals surface area contributed by atoms with E-state index in [2.05, 4.69) is 22.3 Å². The van der Waals surface area contributed by atoms with Crippen molar-refractivity contribution >= 4 is 36.4 Å². The molecule has 0 spiro atoms. The normalized spacial score (nSPS) is 20.8. The van der Waals surface area contributed by atoms with Gasteiger partial charge in [0.25, 0.3) is 0 Å². The van der Waals surface area contributed by atoms with Crippen molar-refractivity contribution < 1.29 is 23.4 Å². The number of nitrogen functional groups attached to an aromatic ring is 1. The summed E-state index contributed by atoms with van der Waals surface area (Å²) in [6.45, 7) is 0.0984. The fraction of sp³-hybridized carbons (Fsp3) is 0.545. The van der Waals surface area contributed by atoms with E-state index < -0.39 is 35.1 Å². The third-order valence-corrected chi connectivity index (χ3v) is 3.91. The zero-order valence-electron chi connectivity index (χ0n) is 11.3. The third kappa shape index (κ3) is 4.27. The lowest BCUT2D eigenvalue weighted by Gasteiger charge is -2.14. The molecule has 2 atom stereocenters. The van der Waals surface area contributed by atoms with Crippen LogP contribution in [0.4, 0.5) is 15.0 Å². The number of hydrogen-bond acceptors (Lipinski definition) is 9. The molecule has 0 aromatic carbocycles. The number of halogens is 1. The molecule has 2 rings (SSSR count). The molecule has 0 amide bonds. The van der Waals surface area contributed by atoms with Gasteiger partial charge in [0.1, 0.15) is 24.9 Å². The van der Waals surface area contributed by atoms with Crippen molar-refractivity contribution in [3.63, 3.8) is 0 Å². The number of rotatable bonds is 5. The molecule has 0 bridgehead atoms. The molecule has 1 saturated heterocycles. The number of nitrogens with zero attached hydrogens (tertiary/aromatic N) is 2. The predicted octanol–water partition coefficient (Wildman–Crippen LogP) is 0.636. The summed E-state index contributed by atoms with van der Waals surface area (Å²) in [5.41, 5.74) is 4.02. The summed E-state index contributed by atoms with van der Waals surface area (Å²) in [7, 11) is 0. The summed E-state index contributed by atoms with van der Waals surface area (Å²) >= 11 is 5.21. The Balaban J connectivity index is 1.89. The van der Waals surface area contributed by atoms with Crippen molar-refractivity contribution in [2.24, 2.45) is 0 Å². The van der Waals surface area contributed by atoms with Crippen LogP contribution in [0.2, 0.25) is 0 Å². The van der Waals surface area contributed by atoms with Gasteiger partial charge in [-0.25, -0.2) is 14.0 Å². The number of thiol groups is 1. The Labute approximate surface area is 134 Å². The second-order valence-electron chi connectivity index (χ2n) is 4.15. The van der Waals surface area contributed by atoms with E-state index in [1.54, 1.807) is 0 Å². The van der Waals surface area contributed by atoms with Gasteiger partial charge >= 0.3 is 11.8 Å². The highest BCUT2D eigenvalue weighted by Gasteiger charge is 2.29. The van der Waals surface area contributed by atoms with Crippen LogP contribution in [-0.2, 0) is 14.2 Å². The Hall–Kier alpha value is -1.46. The predicted molar refractivity (Wildman–Crippen MR) is 80.4 cm³/mol. The first-order valence-corrected chi connectivity index (χ1v) is 7.91. The van der Waals surface area contributed by atoms with Gasteiger partial charge in [0.2, 0.25) is 0 Å². The van der Waals surface area contributed by atoms with Gasteiger partial charge in [0, 0.05) is 11.5 Å². The van der Waals surface area contributed by atoms with Crippen molar-refractivity contribution in [2.45, 2.75) is 11.7 Å². The molecule has 11 heteroatoms. The average molecular weight is 351 g/mol. The highest BCUT2D eigenvalue weighted by molar-refractivity contribution is 8.00. The van der Waals surface area contributed by atoms with E-state index in [0.717, 1.165) is 10.8 Å². The van der Waals surface area contributed by atoms with Crippen molar-refractivity contribution in [1.82, 2.24) is 9.55 Å². The van der Waals surface area contributed by atoms with Crippen molar-refractivity contribution in [3.05, 3.63) is 22.5 Å². The molecule has 2 heterocycles. The molecule has 1 aliphatic rings. The Morgan fingerprint density at radius 1 is 1.64 bits per heavy atom. The van der Waals surface area contributed by atoms with E-state index in [1.165, 1.54) is 11.8 Å². The zero-order valence-corrected chi connectivity index (χ0v) is 13.0. The Morgan fingerprint density at radius 3 is 3.14 bits per heavy atom. The summed E-state index contributed by atoms with van der Waals surface area (Å²) in [6.07, 6.45) is -0.582. The number of carbonyl (C=O) groups is 1. The molecular formula is C11H14FN3O5S2. The Morgan fingerprint density at radius 2 is 2.41 bits per heavy atom. The quantitative estimate of drug-likeness (QED) is 0.588. The van der Waals surface area contributed by atoms with Gasteiger partial charge in [-0.1, -0.05) is 0 Å². The van der Waals surface area contributed by atoms with Gasteiger partial charge in [-0.15, -0.1) is 11.8 Å². The van der Waals surface area contributed by atoms with Crippen molar-refractivity contribution in [1.29, 1.82) is 0 Å². The number of thioether (sulfide) groups is 1. The minimum absolute atomic E-state index is 0.0494. The summed E-state index contributed by atoms with van der Waals surface area (Å²) in [4.78, 5) is 26.2. The third-order valence-electron chi connectivity index (χ3n) is 2.63. The standard InChI is InChI=1S/C11H14FN3O5S2/c12-6-3-15(10(16)14-9(6)13)7-5-22-8(20-7)4-19-11(17)18-1-2-21/h3,7-8,21H,1-2,4-5H2,(H2,13,14,16)/t7?,8-/m1/s1. The second-order valence-corrected chi connectivity index (χ2v) is 5.79. The van der Waals surface area contributed by atoms with E-state index >= 15 is 0 Å². The van der Waals surface area contributed by atoms with Crippen LogP contribution in [0.5, 0.6) is 0 Å². The van der Waals surface area contributed by atoms with Gasteiger partial charge in [-0.2, -0.15) is 17.6 Å². The second kappa shape index (κ2) is 7.70. The van der Waals surface area contributed by atoms with Crippen LogP contribution in [-0.4, -0.2) is 45.9 Å². The number of aromatic nitrogens is 2. The number of hydrogen-bond donors (Lipinski definition) is 2. The first kappa shape index (κ1) is 16.9. The van der Waals surface area contributed by atoms with Crippen LogP contribution in [0.1, 0.15) is 6.23 Å². The lowest BCUT2D eigenvalue weighted by Crippen LogP contribution is -2.30. The van der Waals surface area contributed by atoms with Gasteiger partial charge < -0.3 is 19.9 Å². The van der Waals surface area contributed by atoms with Gasteiger partial charge in [0.05, 0.1) is 6.20 Å². The molecule has 122 valence electrons. The Kier molecular flexibility index (Phi) is 5.91. The first-order valence-electron chi connectivity index (χ1n) is 6.23. The van der Waals surface area contributed by atoms with E-state index in [-0.39, 0.29) is 13.2 Å². The highest BCUT2D eigenvalue weighted by Crippen LogP contribution is 2.31. The maximum Gasteiger partial charge on any atom is 0.508 e. The summed E-state index contributed by atoms with van der Waals surface area (Å²) < 4.78 is 29.4. The van der Waals surface area contributed by atoms with Gasteiger partial charge in [-0.05, 0) is 0 Å².